The molecule has 1 unspecified atom stereocenters. The van der Waals surface area contributed by atoms with E-state index in [4.69, 9.17) is 16.3 Å². The van der Waals surface area contributed by atoms with Crippen LogP contribution < -0.4 is 4.72 Å². The third kappa shape index (κ3) is 4.33. The van der Waals surface area contributed by atoms with E-state index in [2.05, 4.69) is 4.72 Å². The molecule has 0 aliphatic rings. The highest BCUT2D eigenvalue weighted by Gasteiger charge is 2.29. The van der Waals surface area contributed by atoms with Gasteiger partial charge in [-0.2, -0.15) is 0 Å². The Morgan fingerprint density at radius 3 is 2.61 bits per heavy atom. The van der Waals surface area contributed by atoms with Crippen molar-refractivity contribution >= 4 is 33.0 Å². The fourth-order valence-corrected chi connectivity index (χ4v) is 4.76. The van der Waals surface area contributed by atoms with Crippen molar-refractivity contribution in [3.63, 3.8) is 0 Å². The molecule has 0 bridgehead atoms. The number of sulfonamides is 1. The summed E-state index contributed by atoms with van der Waals surface area (Å²) in [6, 6.07) is 10.7. The zero-order chi connectivity index (χ0) is 17.1. The summed E-state index contributed by atoms with van der Waals surface area (Å²) in [5, 5.41) is 0.583. The van der Waals surface area contributed by atoms with Crippen molar-refractivity contribution < 1.29 is 13.2 Å². The number of nitrogens with one attached hydrogen (secondary N) is 1. The molecule has 0 aliphatic carbocycles. The minimum atomic E-state index is -3.56. The van der Waals surface area contributed by atoms with Gasteiger partial charge < -0.3 is 4.74 Å². The Balaban J connectivity index is 2.19. The first-order valence-electron chi connectivity index (χ1n) is 7.20. The van der Waals surface area contributed by atoms with Gasteiger partial charge in [-0.05, 0) is 43.2 Å². The van der Waals surface area contributed by atoms with Gasteiger partial charge in [0.1, 0.15) is 9.81 Å². The van der Waals surface area contributed by atoms with Gasteiger partial charge in [-0.3, -0.25) is 0 Å². The molecule has 0 radical (unpaired) electrons. The van der Waals surface area contributed by atoms with Crippen molar-refractivity contribution in [1.82, 2.24) is 4.72 Å². The first-order chi connectivity index (χ1) is 10.8. The third-order valence-corrected chi connectivity index (χ3v) is 7.09. The van der Waals surface area contributed by atoms with Crippen LogP contribution in [0.3, 0.4) is 0 Å². The fourth-order valence-electron chi connectivity index (χ4n) is 2.11. The Morgan fingerprint density at radius 2 is 2.04 bits per heavy atom. The molecule has 1 N–H and O–H groups in total. The molecular weight excluding hydrogens is 354 g/mol. The van der Waals surface area contributed by atoms with E-state index in [1.165, 1.54) is 11.3 Å². The van der Waals surface area contributed by atoms with Crippen LogP contribution in [-0.2, 0) is 26.8 Å². The van der Waals surface area contributed by atoms with Crippen LogP contribution >= 0.6 is 22.9 Å². The second kappa shape index (κ2) is 7.32. The number of benzene rings is 1. The molecule has 23 heavy (non-hydrogen) atoms. The van der Waals surface area contributed by atoms with E-state index in [0.717, 1.165) is 16.9 Å². The number of halogens is 1. The predicted octanol–water partition coefficient (Wildman–Crippen LogP) is 3.80. The van der Waals surface area contributed by atoms with Crippen molar-refractivity contribution in [3.8, 4) is 0 Å². The second-order valence-electron chi connectivity index (χ2n) is 5.34. The van der Waals surface area contributed by atoms with Crippen LogP contribution in [0.15, 0.2) is 40.6 Å². The summed E-state index contributed by atoms with van der Waals surface area (Å²) in [6.07, 6.45) is 0.818. The Labute approximate surface area is 146 Å². The van der Waals surface area contributed by atoms with E-state index in [0.29, 0.717) is 9.23 Å². The number of hydrogen-bond acceptors (Lipinski definition) is 4. The van der Waals surface area contributed by atoms with Gasteiger partial charge in [0.05, 0.1) is 0 Å². The van der Waals surface area contributed by atoms with Crippen LogP contribution in [0.5, 0.6) is 0 Å². The van der Waals surface area contributed by atoms with Crippen molar-refractivity contribution in [3.05, 3.63) is 51.9 Å². The highest BCUT2D eigenvalue weighted by Crippen LogP contribution is 2.28. The molecule has 1 aromatic heterocycles. The van der Waals surface area contributed by atoms with Crippen molar-refractivity contribution in [2.24, 2.45) is 0 Å². The number of hydrogen-bond donors (Lipinski definition) is 1. The SMILES string of the molecule is CCc1ccc(S(=O)(=O)NCC(C)(OC)c2cccc(Cl)c2)s1. The van der Waals surface area contributed by atoms with Crippen LogP contribution in [0.2, 0.25) is 5.02 Å². The summed E-state index contributed by atoms with van der Waals surface area (Å²) in [5.41, 5.74) is 0.0126. The number of aryl methyl sites for hydroxylation is 1. The zero-order valence-electron chi connectivity index (χ0n) is 13.3. The molecule has 1 heterocycles. The molecule has 0 fully saturated rings. The molecule has 1 aromatic carbocycles. The minimum Gasteiger partial charge on any atom is -0.372 e. The second-order valence-corrected chi connectivity index (χ2v) is 8.94. The van der Waals surface area contributed by atoms with E-state index >= 15 is 0 Å². The molecule has 7 heteroatoms. The topological polar surface area (TPSA) is 55.4 Å². The van der Waals surface area contributed by atoms with Gasteiger partial charge in [0.25, 0.3) is 0 Å². The maximum absolute atomic E-state index is 12.4. The van der Waals surface area contributed by atoms with Gasteiger partial charge in [-0.25, -0.2) is 13.1 Å². The lowest BCUT2D eigenvalue weighted by atomic mass is 9.96. The van der Waals surface area contributed by atoms with Crippen LogP contribution in [-0.4, -0.2) is 22.1 Å². The van der Waals surface area contributed by atoms with Crippen molar-refractivity contribution in [2.45, 2.75) is 30.1 Å². The lowest BCUT2D eigenvalue weighted by Crippen LogP contribution is -2.39. The number of rotatable bonds is 7. The van der Waals surface area contributed by atoms with Gasteiger partial charge in [0, 0.05) is 23.6 Å². The Morgan fingerprint density at radius 1 is 1.30 bits per heavy atom. The average Bonchev–Trinajstić information content (AvgIpc) is 3.03. The average molecular weight is 374 g/mol. The number of methoxy groups -OCH3 is 1. The van der Waals surface area contributed by atoms with Crippen LogP contribution in [0.1, 0.15) is 24.3 Å². The molecule has 0 aliphatic heterocycles. The van der Waals surface area contributed by atoms with Crippen molar-refractivity contribution in [2.75, 3.05) is 13.7 Å². The lowest BCUT2D eigenvalue weighted by molar-refractivity contribution is 0.00700. The Hall–Kier alpha value is -0.920. The van der Waals surface area contributed by atoms with Crippen LogP contribution in [0.4, 0.5) is 0 Å². The molecule has 0 saturated heterocycles. The van der Waals surface area contributed by atoms with E-state index in [1.54, 1.807) is 25.3 Å². The number of ether oxygens (including phenoxy) is 1. The quantitative estimate of drug-likeness (QED) is 0.803. The van der Waals surface area contributed by atoms with Crippen LogP contribution in [0, 0.1) is 0 Å². The Kier molecular flexibility index (Phi) is 5.86. The van der Waals surface area contributed by atoms with E-state index in [1.807, 2.05) is 32.0 Å². The third-order valence-electron chi connectivity index (χ3n) is 3.74. The summed E-state index contributed by atoms with van der Waals surface area (Å²) in [4.78, 5) is 1.04. The van der Waals surface area contributed by atoms with Gasteiger partial charge >= 0.3 is 0 Å². The zero-order valence-corrected chi connectivity index (χ0v) is 15.7. The molecule has 0 spiro atoms. The summed E-state index contributed by atoms with van der Waals surface area (Å²) < 4.78 is 33.4. The van der Waals surface area contributed by atoms with E-state index in [-0.39, 0.29) is 6.54 Å². The largest absolute Gasteiger partial charge is 0.372 e. The van der Waals surface area contributed by atoms with Gasteiger partial charge in [-0.1, -0.05) is 30.7 Å². The molecule has 2 aromatic rings. The highest BCUT2D eigenvalue weighted by atomic mass is 35.5. The van der Waals surface area contributed by atoms with Gasteiger partial charge in [-0.15, -0.1) is 11.3 Å². The normalized spacial score (nSPS) is 14.6. The lowest BCUT2D eigenvalue weighted by Gasteiger charge is -2.29. The molecule has 4 nitrogen and oxygen atoms in total. The molecular formula is C16H20ClNO3S2. The number of thiophene rings is 1. The van der Waals surface area contributed by atoms with Gasteiger partial charge in [0.2, 0.25) is 10.0 Å². The molecule has 0 amide bonds. The smallest absolute Gasteiger partial charge is 0.250 e. The standard InChI is InChI=1S/C16H20ClNO3S2/c1-4-14-8-9-15(22-14)23(19,20)18-11-16(2,21-3)12-6-5-7-13(17)10-12/h5-10,18H,4,11H2,1-3H3. The molecule has 126 valence electrons. The summed E-state index contributed by atoms with van der Waals surface area (Å²) in [5.74, 6) is 0. The Bertz CT molecular complexity index is 773. The summed E-state index contributed by atoms with van der Waals surface area (Å²) in [7, 11) is -2.00. The van der Waals surface area contributed by atoms with Crippen LogP contribution in [0.25, 0.3) is 0 Å². The molecule has 0 saturated carbocycles. The summed E-state index contributed by atoms with van der Waals surface area (Å²) in [6.45, 7) is 3.94. The predicted molar refractivity (Wildman–Crippen MR) is 94.7 cm³/mol. The van der Waals surface area contributed by atoms with Crippen molar-refractivity contribution in [1.29, 1.82) is 0 Å². The van der Waals surface area contributed by atoms with E-state index in [9.17, 15) is 8.42 Å². The molecule has 2 rings (SSSR count). The highest BCUT2D eigenvalue weighted by molar-refractivity contribution is 7.91. The first-order valence-corrected chi connectivity index (χ1v) is 9.88. The summed E-state index contributed by atoms with van der Waals surface area (Å²) >= 11 is 7.30. The maximum Gasteiger partial charge on any atom is 0.250 e. The monoisotopic (exact) mass is 373 g/mol. The first kappa shape index (κ1) is 18.4. The minimum absolute atomic E-state index is 0.117. The van der Waals surface area contributed by atoms with E-state index < -0.39 is 15.6 Å². The van der Waals surface area contributed by atoms with Gasteiger partial charge in [0.15, 0.2) is 0 Å². The molecule has 1 atom stereocenters. The fraction of sp³-hybridized carbons (Fsp3) is 0.375. The maximum atomic E-state index is 12.4.